The molecule has 3 aromatic rings. The Labute approximate surface area is 156 Å². The molecule has 0 aliphatic carbocycles. The molecule has 0 bridgehead atoms. The summed E-state index contributed by atoms with van der Waals surface area (Å²) in [6.45, 7) is 3.24. The SMILES string of the molecule is CCc1ccc2nc(N(Cc3cccnc3)C(=O)C3CCCO3)sc2c1. The van der Waals surface area contributed by atoms with Crippen molar-refractivity contribution in [2.45, 2.75) is 38.8 Å². The molecule has 2 aromatic heterocycles. The number of aromatic nitrogens is 2. The number of hydrogen-bond acceptors (Lipinski definition) is 5. The number of ether oxygens (including phenoxy) is 1. The second-order valence-corrected chi connectivity index (χ2v) is 7.45. The van der Waals surface area contributed by atoms with Gasteiger partial charge in [0.05, 0.1) is 16.8 Å². The van der Waals surface area contributed by atoms with Gasteiger partial charge in [0.15, 0.2) is 5.13 Å². The molecule has 6 heteroatoms. The lowest BCUT2D eigenvalue weighted by Gasteiger charge is -2.22. The minimum absolute atomic E-state index is 0.0128. The molecule has 0 spiro atoms. The standard InChI is InChI=1S/C20H21N3O2S/c1-2-14-7-8-16-18(11-14)26-20(22-16)23(13-15-5-3-9-21-12-15)19(24)17-6-4-10-25-17/h3,5,7-9,11-12,17H,2,4,6,10,13H2,1H3. The maximum atomic E-state index is 13.1. The van der Waals surface area contributed by atoms with E-state index in [4.69, 9.17) is 9.72 Å². The van der Waals surface area contributed by atoms with Crippen LogP contribution >= 0.6 is 11.3 Å². The minimum atomic E-state index is -0.370. The molecule has 1 amide bonds. The largest absolute Gasteiger partial charge is 0.368 e. The average molecular weight is 367 g/mol. The van der Waals surface area contributed by atoms with Crippen LogP contribution in [-0.4, -0.2) is 28.6 Å². The first-order chi connectivity index (χ1) is 12.7. The van der Waals surface area contributed by atoms with Crippen LogP contribution in [0.3, 0.4) is 0 Å². The molecule has 134 valence electrons. The predicted octanol–water partition coefficient (Wildman–Crippen LogP) is 3.97. The summed E-state index contributed by atoms with van der Waals surface area (Å²) in [5, 5.41) is 0.720. The number of amides is 1. The zero-order chi connectivity index (χ0) is 17.9. The van der Waals surface area contributed by atoms with Crippen LogP contribution in [-0.2, 0) is 22.5 Å². The van der Waals surface area contributed by atoms with Crippen LogP contribution in [0.15, 0.2) is 42.7 Å². The summed E-state index contributed by atoms with van der Waals surface area (Å²) >= 11 is 1.56. The first-order valence-corrected chi connectivity index (χ1v) is 9.77. The summed E-state index contributed by atoms with van der Waals surface area (Å²) in [6, 6.07) is 10.2. The van der Waals surface area contributed by atoms with Crippen molar-refractivity contribution in [3.8, 4) is 0 Å². The van der Waals surface area contributed by atoms with Gasteiger partial charge in [0.2, 0.25) is 0 Å². The Kier molecular flexibility index (Phi) is 4.95. The fourth-order valence-corrected chi connectivity index (χ4v) is 4.19. The molecule has 0 saturated carbocycles. The lowest BCUT2D eigenvalue weighted by atomic mass is 10.2. The predicted molar refractivity (Wildman–Crippen MR) is 103 cm³/mol. The molecular formula is C20H21N3O2S. The highest BCUT2D eigenvalue weighted by Crippen LogP contribution is 2.32. The molecule has 4 rings (SSSR count). The second-order valence-electron chi connectivity index (χ2n) is 6.44. The lowest BCUT2D eigenvalue weighted by Crippen LogP contribution is -2.38. The van der Waals surface area contributed by atoms with E-state index >= 15 is 0 Å². The van der Waals surface area contributed by atoms with E-state index < -0.39 is 0 Å². The van der Waals surface area contributed by atoms with Crippen molar-refractivity contribution < 1.29 is 9.53 Å². The first-order valence-electron chi connectivity index (χ1n) is 8.96. The number of hydrogen-bond donors (Lipinski definition) is 0. The van der Waals surface area contributed by atoms with E-state index in [1.165, 1.54) is 5.56 Å². The van der Waals surface area contributed by atoms with E-state index in [-0.39, 0.29) is 12.0 Å². The van der Waals surface area contributed by atoms with Crippen molar-refractivity contribution in [2.24, 2.45) is 0 Å². The van der Waals surface area contributed by atoms with Crippen molar-refractivity contribution in [3.05, 3.63) is 53.9 Å². The van der Waals surface area contributed by atoms with Gasteiger partial charge >= 0.3 is 0 Å². The average Bonchev–Trinajstić information content (AvgIpc) is 3.35. The van der Waals surface area contributed by atoms with Crippen LogP contribution in [0.5, 0.6) is 0 Å². The summed E-state index contributed by atoms with van der Waals surface area (Å²) in [5.74, 6) is -0.0128. The first kappa shape index (κ1) is 17.1. The Morgan fingerprint density at radius 2 is 2.27 bits per heavy atom. The van der Waals surface area contributed by atoms with Gasteiger partial charge in [-0.1, -0.05) is 30.4 Å². The molecule has 1 saturated heterocycles. The molecule has 26 heavy (non-hydrogen) atoms. The fourth-order valence-electron chi connectivity index (χ4n) is 3.15. The van der Waals surface area contributed by atoms with Crippen LogP contribution in [0, 0.1) is 0 Å². The summed E-state index contributed by atoms with van der Waals surface area (Å²) in [6.07, 6.45) is 5.84. The van der Waals surface area contributed by atoms with Gasteiger partial charge < -0.3 is 4.74 Å². The number of thiazole rings is 1. The molecule has 1 unspecified atom stereocenters. The van der Waals surface area contributed by atoms with Crippen molar-refractivity contribution in [1.82, 2.24) is 9.97 Å². The number of rotatable bonds is 5. The van der Waals surface area contributed by atoms with Gasteiger partial charge in [0.1, 0.15) is 6.10 Å². The molecule has 5 nitrogen and oxygen atoms in total. The van der Waals surface area contributed by atoms with E-state index in [2.05, 4.69) is 24.0 Å². The zero-order valence-electron chi connectivity index (χ0n) is 14.7. The highest BCUT2D eigenvalue weighted by molar-refractivity contribution is 7.22. The third kappa shape index (κ3) is 3.48. The Bertz CT molecular complexity index is 904. The number of anilines is 1. The lowest BCUT2D eigenvalue weighted by molar-refractivity contribution is -0.127. The van der Waals surface area contributed by atoms with E-state index in [0.29, 0.717) is 13.2 Å². The van der Waals surface area contributed by atoms with Crippen molar-refractivity contribution in [1.29, 1.82) is 0 Å². The zero-order valence-corrected chi connectivity index (χ0v) is 15.5. The molecule has 1 atom stereocenters. The van der Waals surface area contributed by atoms with Gasteiger partial charge in [-0.05, 0) is 48.6 Å². The van der Waals surface area contributed by atoms with Crippen molar-refractivity contribution in [2.75, 3.05) is 11.5 Å². The van der Waals surface area contributed by atoms with Crippen LogP contribution in [0.25, 0.3) is 10.2 Å². The van der Waals surface area contributed by atoms with E-state index in [9.17, 15) is 4.79 Å². The summed E-state index contributed by atoms with van der Waals surface area (Å²) < 4.78 is 6.74. The monoisotopic (exact) mass is 367 g/mol. The highest BCUT2D eigenvalue weighted by Gasteiger charge is 2.31. The third-order valence-electron chi connectivity index (χ3n) is 4.62. The number of carbonyl (C=O) groups is 1. The highest BCUT2D eigenvalue weighted by atomic mass is 32.1. The molecule has 3 heterocycles. The Balaban J connectivity index is 1.70. The van der Waals surface area contributed by atoms with E-state index in [0.717, 1.165) is 40.2 Å². The Morgan fingerprint density at radius 1 is 1.35 bits per heavy atom. The van der Waals surface area contributed by atoms with E-state index in [1.807, 2.05) is 18.2 Å². The van der Waals surface area contributed by atoms with Crippen LogP contribution in [0.2, 0.25) is 0 Å². The quantitative estimate of drug-likeness (QED) is 0.685. The maximum absolute atomic E-state index is 13.1. The minimum Gasteiger partial charge on any atom is -0.368 e. The molecule has 1 aliphatic rings. The second kappa shape index (κ2) is 7.51. The number of nitrogens with zero attached hydrogens (tertiary/aromatic N) is 3. The van der Waals surface area contributed by atoms with Gasteiger partial charge in [-0.2, -0.15) is 0 Å². The molecule has 1 fully saturated rings. The summed E-state index contributed by atoms with van der Waals surface area (Å²) in [4.78, 5) is 23.7. The molecule has 0 radical (unpaired) electrons. The summed E-state index contributed by atoms with van der Waals surface area (Å²) in [7, 11) is 0. The van der Waals surface area contributed by atoms with Crippen molar-refractivity contribution in [3.63, 3.8) is 0 Å². The summed E-state index contributed by atoms with van der Waals surface area (Å²) in [5.41, 5.74) is 3.18. The Hall–Kier alpha value is -2.31. The number of benzene rings is 1. The normalized spacial score (nSPS) is 16.9. The maximum Gasteiger partial charge on any atom is 0.258 e. The van der Waals surface area contributed by atoms with Crippen LogP contribution in [0.1, 0.15) is 30.9 Å². The van der Waals surface area contributed by atoms with Gasteiger partial charge in [0.25, 0.3) is 5.91 Å². The van der Waals surface area contributed by atoms with Crippen LogP contribution < -0.4 is 4.90 Å². The Morgan fingerprint density at radius 3 is 3.00 bits per heavy atom. The van der Waals surface area contributed by atoms with Gasteiger partial charge in [0, 0.05) is 19.0 Å². The number of fused-ring (bicyclic) bond motifs is 1. The smallest absolute Gasteiger partial charge is 0.258 e. The number of pyridine rings is 1. The molecule has 0 N–H and O–H groups in total. The van der Waals surface area contributed by atoms with Gasteiger partial charge in [-0.25, -0.2) is 4.98 Å². The number of aryl methyl sites for hydroxylation is 1. The topological polar surface area (TPSA) is 55.3 Å². The van der Waals surface area contributed by atoms with Crippen molar-refractivity contribution >= 4 is 32.6 Å². The van der Waals surface area contributed by atoms with Crippen LogP contribution in [0.4, 0.5) is 5.13 Å². The van der Waals surface area contributed by atoms with Gasteiger partial charge in [-0.15, -0.1) is 0 Å². The van der Waals surface area contributed by atoms with Gasteiger partial charge in [-0.3, -0.25) is 14.7 Å². The van der Waals surface area contributed by atoms with E-state index in [1.54, 1.807) is 28.6 Å². The number of carbonyl (C=O) groups excluding carboxylic acids is 1. The molecule has 1 aliphatic heterocycles. The molecular weight excluding hydrogens is 346 g/mol. The fraction of sp³-hybridized carbons (Fsp3) is 0.350. The molecule has 1 aromatic carbocycles. The third-order valence-corrected chi connectivity index (χ3v) is 5.66.